The van der Waals surface area contributed by atoms with Crippen molar-refractivity contribution in [1.82, 2.24) is 5.32 Å². The average molecular weight is 267 g/mol. The molecule has 0 spiro atoms. The number of rotatable bonds is 5. The van der Waals surface area contributed by atoms with Crippen molar-refractivity contribution in [2.24, 2.45) is 0 Å². The third kappa shape index (κ3) is 4.31. The molecule has 1 aliphatic carbocycles. The van der Waals surface area contributed by atoms with Gasteiger partial charge in [0.25, 0.3) is 0 Å². The van der Waals surface area contributed by atoms with E-state index in [0.717, 1.165) is 5.25 Å². The Labute approximate surface area is 117 Å². The molecule has 2 aliphatic rings. The van der Waals surface area contributed by atoms with Crippen molar-refractivity contribution < 1.29 is 0 Å². The Bertz CT molecular complexity index is 256. The molecule has 1 fully saturated rings. The fourth-order valence-electron chi connectivity index (χ4n) is 3.17. The summed E-state index contributed by atoms with van der Waals surface area (Å²) in [5.41, 5.74) is 1.74. The number of hydrogen-bond donors (Lipinski definition) is 1. The highest BCUT2D eigenvalue weighted by molar-refractivity contribution is 8.00. The molecule has 2 atom stereocenters. The number of allylic oxidation sites excluding steroid dienone is 1. The van der Waals surface area contributed by atoms with Gasteiger partial charge >= 0.3 is 0 Å². The largest absolute Gasteiger partial charge is 0.309 e. The lowest BCUT2D eigenvalue weighted by Crippen LogP contribution is -2.39. The van der Waals surface area contributed by atoms with E-state index in [0.29, 0.717) is 6.04 Å². The van der Waals surface area contributed by atoms with Crippen molar-refractivity contribution in [3.63, 3.8) is 0 Å². The van der Waals surface area contributed by atoms with E-state index in [1.54, 1.807) is 5.57 Å². The molecular weight excluding hydrogens is 238 g/mol. The molecule has 104 valence electrons. The Balaban J connectivity index is 1.99. The minimum Gasteiger partial charge on any atom is -0.309 e. The molecule has 1 saturated heterocycles. The smallest absolute Gasteiger partial charge is 0.0399 e. The second-order valence-corrected chi connectivity index (χ2v) is 7.06. The van der Waals surface area contributed by atoms with E-state index in [4.69, 9.17) is 0 Å². The van der Waals surface area contributed by atoms with Crippen LogP contribution in [0.15, 0.2) is 11.6 Å². The lowest BCUT2D eigenvalue weighted by Gasteiger charge is -2.28. The summed E-state index contributed by atoms with van der Waals surface area (Å²) in [4.78, 5) is 0. The summed E-state index contributed by atoms with van der Waals surface area (Å²) in [6, 6.07) is 0.676. The number of nitrogens with one attached hydrogen (secondary N) is 1. The van der Waals surface area contributed by atoms with E-state index in [9.17, 15) is 0 Å². The molecule has 0 bridgehead atoms. The van der Waals surface area contributed by atoms with E-state index in [-0.39, 0.29) is 0 Å². The SMILES string of the molecule is CCCNC(C1=CCCCCCC1)C1CCCS1. The van der Waals surface area contributed by atoms with Gasteiger partial charge in [-0.25, -0.2) is 0 Å². The van der Waals surface area contributed by atoms with Crippen LogP contribution in [0.3, 0.4) is 0 Å². The van der Waals surface area contributed by atoms with E-state index in [1.807, 2.05) is 0 Å². The zero-order valence-electron chi connectivity index (χ0n) is 11.9. The Morgan fingerprint density at radius 1 is 1.28 bits per heavy atom. The van der Waals surface area contributed by atoms with Gasteiger partial charge in [0.15, 0.2) is 0 Å². The molecule has 0 amide bonds. The fraction of sp³-hybridized carbons (Fsp3) is 0.875. The molecule has 1 N–H and O–H groups in total. The maximum absolute atomic E-state index is 3.84. The van der Waals surface area contributed by atoms with Gasteiger partial charge in [-0.2, -0.15) is 11.8 Å². The molecule has 2 unspecified atom stereocenters. The van der Waals surface area contributed by atoms with Gasteiger partial charge in [-0.15, -0.1) is 0 Å². The third-order valence-corrected chi connectivity index (χ3v) is 5.64. The monoisotopic (exact) mass is 267 g/mol. The summed E-state index contributed by atoms with van der Waals surface area (Å²) in [5.74, 6) is 1.38. The maximum Gasteiger partial charge on any atom is 0.0399 e. The van der Waals surface area contributed by atoms with Gasteiger partial charge in [0.05, 0.1) is 0 Å². The first-order valence-electron chi connectivity index (χ1n) is 7.95. The molecule has 0 aromatic rings. The Morgan fingerprint density at radius 3 is 2.94 bits per heavy atom. The third-order valence-electron chi connectivity index (χ3n) is 4.18. The molecule has 18 heavy (non-hydrogen) atoms. The van der Waals surface area contributed by atoms with Crippen LogP contribution in [0, 0.1) is 0 Å². The van der Waals surface area contributed by atoms with Crippen molar-refractivity contribution in [2.45, 2.75) is 76.0 Å². The highest BCUT2D eigenvalue weighted by Gasteiger charge is 2.27. The summed E-state index contributed by atoms with van der Waals surface area (Å²) >= 11 is 2.20. The van der Waals surface area contributed by atoms with Crippen molar-refractivity contribution in [2.75, 3.05) is 12.3 Å². The Hall–Kier alpha value is 0.0500. The van der Waals surface area contributed by atoms with Crippen LogP contribution in [-0.4, -0.2) is 23.6 Å². The molecule has 1 nitrogen and oxygen atoms in total. The highest BCUT2D eigenvalue weighted by atomic mass is 32.2. The molecule has 1 heterocycles. The first kappa shape index (κ1) is 14.5. The van der Waals surface area contributed by atoms with E-state index >= 15 is 0 Å². The predicted molar refractivity (Wildman–Crippen MR) is 83.3 cm³/mol. The van der Waals surface area contributed by atoms with Crippen LogP contribution < -0.4 is 5.32 Å². The maximum atomic E-state index is 3.84. The normalized spacial score (nSPS) is 27.4. The van der Waals surface area contributed by atoms with Gasteiger partial charge in [0.1, 0.15) is 0 Å². The molecule has 1 aliphatic heterocycles. The second kappa shape index (κ2) is 8.27. The fourth-order valence-corrected chi connectivity index (χ4v) is 4.60. The number of hydrogen-bond acceptors (Lipinski definition) is 2. The minimum atomic E-state index is 0.676. The summed E-state index contributed by atoms with van der Waals surface area (Å²) in [7, 11) is 0. The van der Waals surface area contributed by atoms with Crippen molar-refractivity contribution >= 4 is 11.8 Å². The van der Waals surface area contributed by atoms with Crippen LogP contribution in [0.1, 0.15) is 64.7 Å². The minimum absolute atomic E-state index is 0.676. The standard InChI is InChI=1S/C16H29NS/c1-2-12-17-16(15-11-8-13-18-15)14-9-6-4-3-5-7-10-14/h9,15-17H,2-8,10-13H2,1H3. The summed E-state index contributed by atoms with van der Waals surface area (Å²) < 4.78 is 0. The highest BCUT2D eigenvalue weighted by Crippen LogP contribution is 2.33. The van der Waals surface area contributed by atoms with Gasteiger partial charge in [0.2, 0.25) is 0 Å². The van der Waals surface area contributed by atoms with Crippen LogP contribution in [0.4, 0.5) is 0 Å². The Kier molecular flexibility index (Phi) is 6.64. The van der Waals surface area contributed by atoms with Crippen LogP contribution in [0.25, 0.3) is 0 Å². The summed E-state index contributed by atoms with van der Waals surface area (Å²) in [6.07, 6.45) is 15.0. The lowest BCUT2D eigenvalue weighted by atomic mass is 9.92. The quantitative estimate of drug-likeness (QED) is 0.734. The molecule has 2 rings (SSSR count). The zero-order chi connectivity index (χ0) is 12.6. The van der Waals surface area contributed by atoms with Gasteiger partial charge in [-0.3, -0.25) is 0 Å². The molecule has 0 aromatic heterocycles. The molecule has 0 saturated carbocycles. The van der Waals surface area contributed by atoms with Crippen molar-refractivity contribution in [3.05, 3.63) is 11.6 Å². The van der Waals surface area contributed by atoms with Crippen LogP contribution >= 0.6 is 11.8 Å². The predicted octanol–water partition coefficient (Wildman–Crippen LogP) is 4.53. The summed E-state index contributed by atoms with van der Waals surface area (Å²) in [5, 5.41) is 4.69. The van der Waals surface area contributed by atoms with E-state index in [2.05, 4.69) is 30.1 Å². The number of thioether (sulfide) groups is 1. The topological polar surface area (TPSA) is 12.0 Å². The first-order valence-corrected chi connectivity index (χ1v) is 9.00. The van der Waals surface area contributed by atoms with Gasteiger partial charge in [-0.05, 0) is 57.2 Å². The zero-order valence-corrected chi connectivity index (χ0v) is 12.7. The molecule has 0 radical (unpaired) electrons. The van der Waals surface area contributed by atoms with Gasteiger partial charge in [-0.1, -0.05) is 31.4 Å². The molecule has 0 aromatic carbocycles. The van der Waals surface area contributed by atoms with Crippen LogP contribution in [0.2, 0.25) is 0 Å². The molecular formula is C16H29NS. The van der Waals surface area contributed by atoms with Crippen molar-refractivity contribution in [1.29, 1.82) is 0 Å². The summed E-state index contributed by atoms with van der Waals surface area (Å²) in [6.45, 7) is 3.46. The first-order chi connectivity index (χ1) is 8.92. The Morgan fingerprint density at radius 2 is 2.17 bits per heavy atom. The van der Waals surface area contributed by atoms with E-state index in [1.165, 1.54) is 70.1 Å². The average Bonchev–Trinajstić information content (AvgIpc) is 2.85. The van der Waals surface area contributed by atoms with Crippen LogP contribution in [-0.2, 0) is 0 Å². The molecule has 2 heteroatoms. The van der Waals surface area contributed by atoms with E-state index < -0.39 is 0 Å². The van der Waals surface area contributed by atoms with Crippen LogP contribution in [0.5, 0.6) is 0 Å². The van der Waals surface area contributed by atoms with Crippen molar-refractivity contribution in [3.8, 4) is 0 Å². The van der Waals surface area contributed by atoms with Gasteiger partial charge in [0, 0.05) is 11.3 Å². The lowest BCUT2D eigenvalue weighted by molar-refractivity contribution is 0.504. The van der Waals surface area contributed by atoms with Gasteiger partial charge < -0.3 is 5.32 Å². The second-order valence-electron chi connectivity index (χ2n) is 5.72.